The number of anilines is 1. The van der Waals surface area contributed by atoms with Gasteiger partial charge in [0.05, 0.1) is 19.3 Å². The van der Waals surface area contributed by atoms with Crippen molar-refractivity contribution >= 4 is 32.4 Å². The highest BCUT2D eigenvalue weighted by atomic mass is 79.9. The first-order valence-electron chi connectivity index (χ1n) is 12.5. The number of rotatable bonds is 11. The molecular weight excluding hydrogens is 530 g/mol. The summed E-state index contributed by atoms with van der Waals surface area (Å²) >= 11 is 3.72. The molecule has 4 aromatic carbocycles. The van der Waals surface area contributed by atoms with Crippen molar-refractivity contribution in [2.75, 3.05) is 12.4 Å². The van der Waals surface area contributed by atoms with E-state index in [1.165, 1.54) is 0 Å². The van der Waals surface area contributed by atoms with Gasteiger partial charge in [0.2, 0.25) is 0 Å². The third-order valence-corrected chi connectivity index (χ3v) is 6.48. The molecule has 194 valence electrons. The summed E-state index contributed by atoms with van der Waals surface area (Å²) in [5, 5.41) is 5.74. The van der Waals surface area contributed by atoms with Crippen molar-refractivity contribution in [2.45, 2.75) is 53.1 Å². The lowest BCUT2D eigenvalue weighted by Gasteiger charge is -2.20. The summed E-state index contributed by atoms with van der Waals surface area (Å²) in [6, 6.07) is 24.3. The van der Waals surface area contributed by atoms with Gasteiger partial charge in [0.1, 0.15) is 6.61 Å². The normalized spacial score (nSPS) is 11.1. The van der Waals surface area contributed by atoms with Gasteiger partial charge < -0.3 is 24.3 Å². The van der Waals surface area contributed by atoms with Gasteiger partial charge in [-0.3, -0.25) is 0 Å². The van der Waals surface area contributed by atoms with Gasteiger partial charge in [0.15, 0.2) is 23.0 Å². The first-order valence-corrected chi connectivity index (χ1v) is 13.3. The predicted molar refractivity (Wildman–Crippen MR) is 154 cm³/mol. The Morgan fingerprint density at radius 2 is 1.49 bits per heavy atom. The molecule has 0 aliphatic rings. The van der Waals surface area contributed by atoms with E-state index in [9.17, 15) is 0 Å². The Hall–Kier alpha value is -3.38. The van der Waals surface area contributed by atoms with Crippen molar-refractivity contribution in [1.29, 1.82) is 0 Å². The Balaban J connectivity index is 1.66. The largest absolute Gasteiger partial charge is 0.493 e. The van der Waals surface area contributed by atoms with Crippen molar-refractivity contribution in [1.82, 2.24) is 0 Å². The van der Waals surface area contributed by atoms with Crippen LogP contribution in [0.1, 0.15) is 38.8 Å². The summed E-state index contributed by atoms with van der Waals surface area (Å²) in [5.41, 5.74) is 3.06. The zero-order chi connectivity index (χ0) is 26.4. The summed E-state index contributed by atoms with van der Waals surface area (Å²) in [5.74, 6) is 2.89. The molecule has 0 fully saturated rings. The molecule has 0 bridgehead atoms. The molecule has 37 heavy (non-hydrogen) atoms. The SMILES string of the molecule is COc1ccc(Br)c(CNc2cccc3cc(OC(C)C)c(OC(C)C)cc23)c1OCc1ccccc1. The van der Waals surface area contributed by atoms with Gasteiger partial charge >= 0.3 is 0 Å². The Bertz CT molecular complexity index is 1340. The average molecular weight is 565 g/mol. The standard InChI is InChI=1S/C31H34BrNO4/c1-20(2)36-29-16-23-12-9-13-27(24(23)17-30(29)37-21(3)4)33-18-25-26(32)14-15-28(34-5)31(25)35-19-22-10-7-6-8-11-22/h6-17,20-21,33H,18-19H2,1-5H3. The maximum Gasteiger partial charge on any atom is 0.167 e. The van der Waals surface area contributed by atoms with Crippen LogP contribution in [-0.4, -0.2) is 19.3 Å². The first-order chi connectivity index (χ1) is 17.9. The summed E-state index contributed by atoms with van der Waals surface area (Å²) in [6.45, 7) is 9.06. The van der Waals surface area contributed by atoms with Crippen LogP contribution in [-0.2, 0) is 13.2 Å². The lowest BCUT2D eigenvalue weighted by molar-refractivity contribution is 0.199. The van der Waals surface area contributed by atoms with Gasteiger partial charge in [0, 0.05) is 27.7 Å². The van der Waals surface area contributed by atoms with E-state index < -0.39 is 0 Å². The Morgan fingerprint density at radius 1 is 0.784 bits per heavy atom. The Kier molecular flexibility index (Phi) is 8.82. The minimum atomic E-state index is 0.0316. The average Bonchev–Trinajstić information content (AvgIpc) is 2.87. The molecule has 4 rings (SSSR count). The first kappa shape index (κ1) is 26.7. The molecule has 0 saturated carbocycles. The molecule has 4 aromatic rings. The third kappa shape index (κ3) is 6.69. The quantitative estimate of drug-likeness (QED) is 0.198. The highest BCUT2D eigenvalue weighted by molar-refractivity contribution is 9.10. The van der Waals surface area contributed by atoms with E-state index in [-0.39, 0.29) is 12.2 Å². The van der Waals surface area contributed by atoms with Crippen LogP contribution in [0.15, 0.2) is 77.3 Å². The molecule has 0 radical (unpaired) electrons. The molecule has 0 unspecified atom stereocenters. The molecule has 0 amide bonds. The highest BCUT2D eigenvalue weighted by Gasteiger charge is 2.17. The monoisotopic (exact) mass is 563 g/mol. The summed E-state index contributed by atoms with van der Waals surface area (Å²) in [7, 11) is 1.66. The fraction of sp³-hybridized carbons (Fsp3) is 0.290. The lowest BCUT2D eigenvalue weighted by Crippen LogP contribution is -2.11. The number of hydrogen-bond acceptors (Lipinski definition) is 5. The van der Waals surface area contributed by atoms with Crippen molar-refractivity contribution in [2.24, 2.45) is 0 Å². The van der Waals surface area contributed by atoms with Crippen LogP contribution in [0.4, 0.5) is 5.69 Å². The second-order valence-electron chi connectivity index (χ2n) is 9.34. The predicted octanol–water partition coefficient (Wildman–Crippen LogP) is 8.38. The van der Waals surface area contributed by atoms with Gasteiger partial charge in [-0.1, -0.05) is 58.4 Å². The van der Waals surface area contributed by atoms with Crippen molar-refractivity contribution in [3.05, 3.63) is 88.4 Å². The van der Waals surface area contributed by atoms with Crippen LogP contribution in [0.2, 0.25) is 0 Å². The van der Waals surface area contributed by atoms with Gasteiger partial charge in [-0.25, -0.2) is 0 Å². The molecule has 5 nitrogen and oxygen atoms in total. The van der Waals surface area contributed by atoms with Crippen molar-refractivity contribution in [3.63, 3.8) is 0 Å². The molecule has 0 atom stereocenters. The molecule has 0 aromatic heterocycles. The molecular formula is C31H34BrNO4. The summed E-state index contributed by atoms with van der Waals surface area (Å²) in [6.07, 6.45) is 0.0807. The number of nitrogens with one attached hydrogen (secondary N) is 1. The second-order valence-corrected chi connectivity index (χ2v) is 10.2. The molecule has 0 aliphatic heterocycles. The molecule has 0 saturated heterocycles. The van der Waals surface area contributed by atoms with Gasteiger partial charge in [-0.15, -0.1) is 0 Å². The van der Waals surface area contributed by atoms with Crippen LogP contribution in [0, 0.1) is 0 Å². The minimum absolute atomic E-state index is 0.0316. The number of hydrogen-bond donors (Lipinski definition) is 1. The van der Waals surface area contributed by atoms with Crippen LogP contribution < -0.4 is 24.3 Å². The van der Waals surface area contributed by atoms with Gasteiger partial charge in [-0.05, 0) is 69.0 Å². The van der Waals surface area contributed by atoms with E-state index in [4.69, 9.17) is 18.9 Å². The van der Waals surface area contributed by atoms with Crippen molar-refractivity contribution in [3.8, 4) is 23.0 Å². The molecule has 0 spiro atoms. The highest BCUT2D eigenvalue weighted by Crippen LogP contribution is 2.39. The fourth-order valence-corrected chi connectivity index (χ4v) is 4.56. The van der Waals surface area contributed by atoms with Crippen LogP contribution in [0.3, 0.4) is 0 Å². The van der Waals surface area contributed by atoms with Crippen LogP contribution in [0.25, 0.3) is 10.8 Å². The fourth-order valence-electron chi connectivity index (χ4n) is 4.11. The molecule has 0 heterocycles. The number of benzene rings is 4. The molecule has 1 N–H and O–H groups in total. The van der Waals surface area contributed by atoms with Crippen LogP contribution in [0.5, 0.6) is 23.0 Å². The second kappa shape index (κ2) is 12.2. The molecule has 0 aliphatic carbocycles. The van der Waals surface area contributed by atoms with Gasteiger partial charge in [-0.2, -0.15) is 0 Å². The van der Waals surface area contributed by atoms with E-state index >= 15 is 0 Å². The summed E-state index contributed by atoms with van der Waals surface area (Å²) < 4.78 is 25.1. The van der Waals surface area contributed by atoms with E-state index in [1.807, 2.05) is 82.3 Å². The number of ether oxygens (including phenoxy) is 4. The van der Waals surface area contributed by atoms with Crippen molar-refractivity contribution < 1.29 is 18.9 Å². The number of methoxy groups -OCH3 is 1. The van der Waals surface area contributed by atoms with E-state index in [2.05, 4.69) is 39.4 Å². The Labute approximate surface area is 227 Å². The van der Waals surface area contributed by atoms with E-state index in [0.29, 0.717) is 24.7 Å². The third-order valence-electron chi connectivity index (χ3n) is 5.74. The lowest BCUT2D eigenvalue weighted by atomic mass is 10.1. The number of fused-ring (bicyclic) bond motifs is 1. The maximum absolute atomic E-state index is 6.29. The minimum Gasteiger partial charge on any atom is -0.493 e. The van der Waals surface area contributed by atoms with Gasteiger partial charge in [0.25, 0.3) is 0 Å². The summed E-state index contributed by atoms with van der Waals surface area (Å²) in [4.78, 5) is 0. The van der Waals surface area contributed by atoms with Crippen LogP contribution >= 0.6 is 15.9 Å². The van der Waals surface area contributed by atoms with E-state index in [1.54, 1.807) is 7.11 Å². The number of halogens is 1. The van der Waals surface area contributed by atoms with E-state index in [0.717, 1.165) is 43.6 Å². The zero-order valence-corrected chi connectivity index (χ0v) is 23.6. The topological polar surface area (TPSA) is 49.0 Å². The zero-order valence-electron chi connectivity index (χ0n) is 22.0. The molecule has 6 heteroatoms. The maximum atomic E-state index is 6.29. The Morgan fingerprint density at radius 3 is 2.16 bits per heavy atom. The smallest absolute Gasteiger partial charge is 0.167 e.